The maximum absolute atomic E-state index is 12.7. The van der Waals surface area contributed by atoms with Gasteiger partial charge in [0.25, 0.3) is 0 Å². The lowest BCUT2D eigenvalue weighted by Crippen LogP contribution is -2.39. The topological polar surface area (TPSA) is 86.7 Å². The molecule has 1 atom stereocenters. The Morgan fingerprint density at radius 1 is 1.31 bits per heavy atom. The fourth-order valence-electron chi connectivity index (χ4n) is 3.81. The fraction of sp³-hybridized carbons (Fsp3) is 0.632. The third kappa shape index (κ3) is 4.45. The predicted octanol–water partition coefficient (Wildman–Crippen LogP) is 1.81. The van der Waals surface area contributed by atoms with Crippen LogP contribution >= 0.6 is 0 Å². The van der Waals surface area contributed by atoms with E-state index in [-0.39, 0.29) is 23.3 Å². The van der Waals surface area contributed by atoms with Crippen molar-refractivity contribution in [3.63, 3.8) is 0 Å². The molecule has 0 bridgehead atoms. The van der Waals surface area contributed by atoms with Gasteiger partial charge in [-0.1, -0.05) is 18.9 Å². The van der Waals surface area contributed by atoms with Crippen molar-refractivity contribution in [2.45, 2.75) is 63.0 Å². The summed E-state index contributed by atoms with van der Waals surface area (Å²) in [6.07, 6.45) is 4.80. The van der Waals surface area contributed by atoms with E-state index in [0.29, 0.717) is 19.5 Å². The number of hydrogen-bond donors (Lipinski definition) is 2. The summed E-state index contributed by atoms with van der Waals surface area (Å²) in [5.41, 5.74) is 2.03. The van der Waals surface area contributed by atoms with Crippen LogP contribution in [0.3, 0.4) is 0 Å². The Balaban J connectivity index is 1.71. The Morgan fingerprint density at radius 2 is 2.04 bits per heavy atom. The van der Waals surface area contributed by atoms with Crippen LogP contribution in [-0.2, 0) is 27.8 Å². The monoisotopic (exact) mass is 380 g/mol. The Kier molecular flexibility index (Phi) is 5.99. The maximum Gasteiger partial charge on any atom is 0.240 e. The molecule has 7 heteroatoms. The van der Waals surface area contributed by atoms with Gasteiger partial charge in [0.1, 0.15) is 0 Å². The molecule has 0 radical (unpaired) electrons. The number of benzene rings is 1. The first-order valence-corrected chi connectivity index (χ1v) is 10.9. The van der Waals surface area contributed by atoms with Crippen LogP contribution in [0.1, 0.15) is 50.2 Å². The van der Waals surface area contributed by atoms with E-state index in [2.05, 4.69) is 4.72 Å². The average molecular weight is 381 g/mol. The van der Waals surface area contributed by atoms with Gasteiger partial charge in [-0.15, -0.1) is 0 Å². The molecule has 1 unspecified atom stereocenters. The number of carbonyl (C=O) groups is 1. The molecule has 1 fully saturated rings. The Bertz CT molecular complexity index is 755. The number of hydrogen-bond acceptors (Lipinski definition) is 4. The molecular formula is C19H28N2O4S. The molecule has 0 spiro atoms. The van der Waals surface area contributed by atoms with E-state index in [9.17, 15) is 18.3 Å². The molecule has 2 N–H and O–H groups in total. The zero-order chi connectivity index (χ0) is 18.7. The second kappa shape index (κ2) is 8.06. The zero-order valence-electron chi connectivity index (χ0n) is 15.3. The maximum atomic E-state index is 12.7. The molecule has 144 valence electrons. The largest absolute Gasteiger partial charge is 0.393 e. The molecule has 1 aromatic carbocycles. The van der Waals surface area contributed by atoms with E-state index < -0.39 is 16.1 Å². The van der Waals surface area contributed by atoms with E-state index in [4.69, 9.17) is 0 Å². The summed E-state index contributed by atoms with van der Waals surface area (Å²) in [6, 6.07) is 5.17. The zero-order valence-corrected chi connectivity index (χ0v) is 16.1. The van der Waals surface area contributed by atoms with Crippen LogP contribution in [-0.4, -0.2) is 43.5 Å². The number of rotatable bonds is 6. The number of amides is 1. The van der Waals surface area contributed by atoms with Crippen LogP contribution in [0.25, 0.3) is 0 Å². The Morgan fingerprint density at radius 3 is 2.73 bits per heavy atom. The summed E-state index contributed by atoms with van der Waals surface area (Å²) in [7, 11) is -3.61. The van der Waals surface area contributed by atoms with Gasteiger partial charge in [-0.25, -0.2) is 13.1 Å². The summed E-state index contributed by atoms with van der Waals surface area (Å²) < 4.78 is 27.4. The SMILES string of the molecule is CC(O)CCNS(=O)(=O)c1ccc2c(c1)CN(C(=O)C1CCCC1)CC2. The van der Waals surface area contributed by atoms with E-state index in [1.54, 1.807) is 19.1 Å². The van der Waals surface area contributed by atoms with Crippen molar-refractivity contribution in [2.75, 3.05) is 13.1 Å². The summed E-state index contributed by atoms with van der Waals surface area (Å²) >= 11 is 0. The van der Waals surface area contributed by atoms with E-state index in [0.717, 1.165) is 43.2 Å². The standard InChI is InChI=1S/C19H28N2O4S/c1-14(22)8-10-20-26(24,25)18-7-6-15-9-11-21(13-17(15)12-18)19(23)16-4-2-3-5-16/h6-7,12,14,16,20,22H,2-5,8-11,13H2,1H3. The lowest BCUT2D eigenvalue weighted by Gasteiger charge is -2.31. The third-order valence-electron chi connectivity index (χ3n) is 5.37. The predicted molar refractivity (Wildman–Crippen MR) is 99.0 cm³/mol. The molecule has 1 heterocycles. The van der Waals surface area contributed by atoms with Crippen molar-refractivity contribution in [3.8, 4) is 0 Å². The van der Waals surface area contributed by atoms with Crippen LogP contribution in [0.4, 0.5) is 0 Å². The quantitative estimate of drug-likeness (QED) is 0.788. The second-order valence-electron chi connectivity index (χ2n) is 7.46. The van der Waals surface area contributed by atoms with Crippen molar-refractivity contribution in [3.05, 3.63) is 29.3 Å². The molecule has 1 aromatic rings. The van der Waals surface area contributed by atoms with Gasteiger partial charge < -0.3 is 10.0 Å². The smallest absolute Gasteiger partial charge is 0.240 e. The van der Waals surface area contributed by atoms with Crippen LogP contribution in [0.5, 0.6) is 0 Å². The highest BCUT2D eigenvalue weighted by atomic mass is 32.2. The molecule has 6 nitrogen and oxygen atoms in total. The normalized spacial score (nSPS) is 19.4. The van der Waals surface area contributed by atoms with Crippen molar-refractivity contribution in [2.24, 2.45) is 5.92 Å². The first kappa shape index (κ1) is 19.3. The highest BCUT2D eigenvalue weighted by molar-refractivity contribution is 7.89. The molecule has 0 aromatic heterocycles. The summed E-state index contributed by atoms with van der Waals surface area (Å²) in [5, 5.41) is 9.28. The van der Waals surface area contributed by atoms with E-state index in [1.165, 1.54) is 0 Å². The minimum atomic E-state index is -3.61. The highest BCUT2D eigenvalue weighted by Crippen LogP contribution is 2.29. The highest BCUT2D eigenvalue weighted by Gasteiger charge is 2.29. The average Bonchev–Trinajstić information content (AvgIpc) is 3.14. The summed E-state index contributed by atoms with van der Waals surface area (Å²) in [4.78, 5) is 14.8. The lowest BCUT2D eigenvalue weighted by molar-refractivity contribution is -0.136. The van der Waals surface area contributed by atoms with Crippen LogP contribution in [0.2, 0.25) is 0 Å². The summed E-state index contributed by atoms with van der Waals surface area (Å²) in [5.74, 6) is 0.363. The molecule has 1 saturated carbocycles. The minimum Gasteiger partial charge on any atom is -0.393 e. The van der Waals surface area contributed by atoms with Gasteiger partial charge in [-0.2, -0.15) is 0 Å². The van der Waals surface area contributed by atoms with Crippen molar-refractivity contribution in [1.82, 2.24) is 9.62 Å². The van der Waals surface area contributed by atoms with E-state index >= 15 is 0 Å². The number of carbonyl (C=O) groups excluding carboxylic acids is 1. The van der Waals surface area contributed by atoms with Crippen molar-refractivity contribution >= 4 is 15.9 Å². The van der Waals surface area contributed by atoms with Crippen molar-refractivity contribution in [1.29, 1.82) is 0 Å². The third-order valence-corrected chi connectivity index (χ3v) is 6.83. The molecule has 3 rings (SSSR count). The molecule has 1 aliphatic heterocycles. The van der Waals surface area contributed by atoms with Gasteiger partial charge in [0.05, 0.1) is 11.0 Å². The van der Waals surface area contributed by atoms with Gasteiger partial charge in [0, 0.05) is 25.6 Å². The van der Waals surface area contributed by atoms with Crippen LogP contribution < -0.4 is 4.72 Å². The molecule has 1 amide bonds. The van der Waals surface area contributed by atoms with Gasteiger partial charge in [-0.3, -0.25) is 4.79 Å². The number of fused-ring (bicyclic) bond motifs is 1. The minimum absolute atomic E-state index is 0.144. The Labute approximate surface area is 155 Å². The van der Waals surface area contributed by atoms with Crippen molar-refractivity contribution < 1.29 is 18.3 Å². The summed E-state index contributed by atoms with van der Waals surface area (Å²) in [6.45, 7) is 3.02. The number of aliphatic hydroxyl groups is 1. The van der Waals surface area contributed by atoms with Gasteiger partial charge in [0.15, 0.2) is 0 Å². The number of nitrogens with zero attached hydrogens (tertiary/aromatic N) is 1. The fourth-order valence-corrected chi connectivity index (χ4v) is 4.90. The van der Waals surface area contributed by atoms with Crippen LogP contribution in [0, 0.1) is 5.92 Å². The first-order chi connectivity index (χ1) is 12.4. The number of sulfonamides is 1. The Hall–Kier alpha value is -1.44. The van der Waals surface area contributed by atoms with Gasteiger partial charge in [-0.05, 0) is 55.9 Å². The number of nitrogens with one attached hydrogen (secondary N) is 1. The second-order valence-corrected chi connectivity index (χ2v) is 9.22. The molecule has 2 aliphatic rings. The van der Waals surface area contributed by atoms with Gasteiger partial charge in [0.2, 0.25) is 15.9 Å². The molecule has 0 saturated heterocycles. The van der Waals surface area contributed by atoms with E-state index in [1.807, 2.05) is 11.0 Å². The number of aliphatic hydroxyl groups excluding tert-OH is 1. The molecule has 1 aliphatic carbocycles. The first-order valence-electron chi connectivity index (χ1n) is 9.45. The molecular weight excluding hydrogens is 352 g/mol. The molecule has 26 heavy (non-hydrogen) atoms. The van der Waals surface area contributed by atoms with Gasteiger partial charge >= 0.3 is 0 Å². The lowest BCUT2D eigenvalue weighted by atomic mass is 9.98. The van der Waals surface area contributed by atoms with Crippen LogP contribution in [0.15, 0.2) is 23.1 Å².